The normalized spacial score (nSPS) is 13.0. The average molecular weight is 286 g/mol. The van der Waals surface area contributed by atoms with Gasteiger partial charge in [-0.3, -0.25) is 4.79 Å². The third-order valence-electron chi connectivity index (χ3n) is 3.23. The van der Waals surface area contributed by atoms with E-state index in [0.29, 0.717) is 19.1 Å². The molecule has 0 atom stereocenters. The molecule has 3 heteroatoms. The van der Waals surface area contributed by atoms with Crippen LogP contribution in [0.2, 0.25) is 0 Å². The van der Waals surface area contributed by atoms with Crippen LogP contribution >= 0.6 is 0 Å². The van der Waals surface area contributed by atoms with Gasteiger partial charge < -0.3 is 9.47 Å². The zero-order valence-corrected chi connectivity index (χ0v) is 14.7. The summed E-state index contributed by atoms with van der Waals surface area (Å²) < 4.78 is 11.6. The van der Waals surface area contributed by atoms with Gasteiger partial charge in [-0.25, -0.2) is 0 Å². The fourth-order valence-electron chi connectivity index (χ4n) is 2.45. The van der Waals surface area contributed by atoms with Gasteiger partial charge >= 0.3 is 0 Å². The lowest BCUT2D eigenvalue weighted by Crippen LogP contribution is -2.45. The molecule has 0 fully saturated rings. The Kier molecular flexibility index (Phi) is 8.60. The third-order valence-corrected chi connectivity index (χ3v) is 3.23. The Morgan fingerprint density at radius 1 is 0.850 bits per heavy atom. The van der Waals surface area contributed by atoms with Crippen LogP contribution in [0.4, 0.5) is 0 Å². The van der Waals surface area contributed by atoms with Crippen molar-refractivity contribution >= 4 is 5.78 Å². The molecule has 0 rings (SSSR count). The van der Waals surface area contributed by atoms with Crippen LogP contribution in [0, 0.1) is 17.3 Å². The highest BCUT2D eigenvalue weighted by molar-refractivity contribution is 5.86. The Bertz CT molecular complexity index is 268. The topological polar surface area (TPSA) is 35.5 Å². The summed E-state index contributed by atoms with van der Waals surface area (Å²) in [5, 5.41) is 0. The minimum absolute atomic E-state index is 0.000254. The van der Waals surface area contributed by atoms with Crippen molar-refractivity contribution in [3.8, 4) is 0 Å². The molecule has 0 aliphatic rings. The molecule has 0 radical (unpaired) electrons. The lowest BCUT2D eigenvalue weighted by Gasteiger charge is -2.36. The maximum absolute atomic E-state index is 12.8. The van der Waals surface area contributed by atoms with Crippen LogP contribution in [0.15, 0.2) is 0 Å². The number of carbonyl (C=O) groups excluding carboxylic acids is 1. The van der Waals surface area contributed by atoms with Crippen LogP contribution in [0.3, 0.4) is 0 Å². The fraction of sp³-hybridized carbons (Fsp3) is 0.941. The molecule has 0 spiro atoms. The summed E-state index contributed by atoms with van der Waals surface area (Å²) >= 11 is 0. The van der Waals surface area contributed by atoms with Crippen molar-refractivity contribution in [1.29, 1.82) is 0 Å². The summed E-state index contributed by atoms with van der Waals surface area (Å²) in [6.45, 7) is 17.1. The molecule has 0 saturated carbocycles. The standard InChI is InChI=1S/C17H34O3/c1-12(2)9-17(10-19-14(5)6,11-20-15(7)8)16(18)13(3)4/h12-15H,9-11H2,1-8H3. The molecule has 0 saturated heterocycles. The van der Waals surface area contributed by atoms with Gasteiger partial charge in [0.05, 0.1) is 30.8 Å². The highest BCUT2D eigenvalue weighted by Gasteiger charge is 2.41. The van der Waals surface area contributed by atoms with E-state index in [9.17, 15) is 4.79 Å². The van der Waals surface area contributed by atoms with Crippen molar-refractivity contribution in [3.05, 3.63) is 0 Å². The smallest absolute Gasteiger partial charge is 0.146 e. The van der Waals surface area contributed by atoms with Crippen LogP contribution in [0.1, 0.15) is 61.8 Å². The highest BCUT2D eigenvalue weighted by Crippen LogP contribution is 2.32. The maximum atomic E-state index is 12.8. The molecule has 0 N–H and O–H groups in total. The Hall–Kier alpha value is -0.410. The van der Waals surface area contributed by atoms with E-state index in [1.807, 2.05) is 41.5 Å². The van der Waals surface area contributed by atoms with E-state index in [0.717, 1.165) is 6.42 Å². The molecule has 0 aromatic rings. The molecule has 0 aliphatic carbocycles. The fourth-order valence-corrected chi connectivity index (χ4v) is 2.45. The molecule has 0 bridgehead atoms. The quantitative estimate of drug-likeness (QED) is 0.606. The highest BCUT2D eigenvalue weighted by atomic mass is 16.5. The van der Waals surface area contributed by atoms with Crippen molar-refractivity contribution in [2.75, 3.05) is 13.2 Å². The van der Waals surface area contributed by atoms with Crippen molar-refractivity contribution < 1.29 is 14.3 Å². The summed E-state index contributed by atoms with van der Waals surface area (Å²) in [5.41, 5.74) is -0.517. The number of hydrogen-bond acceptors (Lipinski definition) is 3. The number of hydrogen-bond donors (Lipinski definition) is 0. The Morgan fingerprint density at radius 3 is 1.50 bits per heavy atom. The van der Waals surface area contributed by atoms with E-state index >= 15 is 0 Å². The molecular formula is C17H34O3. The van der Waals surface area contributed by atoms with E-state index in [-0.39, 0.29) is 23.9 Å². The van der Waals surface area contributed by atoms with E-state index < -0.39 is 5.41 Å². The molecule has 3 nitrogen and oxygen atoms in total. The molecular weight excluding hydrogens is 252 g/mol. The second-order valence-electron chi connectivity index (χ2n) is 7.12. The summed E-state index contributed by atoms with van der Waals surface area (Å²) in [6, 6.07) is 0. The van der Waals surface area contributed by atoms with Crippen LogP contribution in [-0.2, 0) is 14.3 Å². The average Bonchev–Trinajstić information content (AvgIpc) is 2.31. The number of ketones is 1. The van der Waals surface area contributed by atoms with Gasteiger partial charge in [0.1, 0.15) is 5.78 Å². The van der Waals surface area contributed by atoms with Crippen molar-refractivity contribution in [3.63, 3.8) is 0 Å². The predicted molar refractivity (Wildman–Crippen MR) is 83.9 cm³/mol. The van der Waals surface area contributed by atoms with Gasteiger partial charge in [0.15, 0.2) is 0 Å². The van der Waals surface area contributed by atoms with Gasteiger partial charge in [0, 0.05) is 5.92 Å². The van der Waals surface area contributed by atoms with Gasteiger partial charge in [-0.2, -0.15) is 0 Å². The summed E-state index contributed by atoms with van der Waals surface area (Å²) in [7, 11) is 0. The third kappa shape index (κ3) is 6.85. The van der Waals surface area contributed by atoms with Crippen LogP contribution < -0.4 is 0 Å². The minimum atomic E-state index is -0.517. The second-order valence-corrected chi connectivity index (χ2v) is 7.12. The largest absolute Gasteiger partial charge is 0.378 e. The predicted octanol–water partition coefficient (Wildman–Crippen LogP) is 4.09. The number of Topliss-reactive ketones (excluding diaryl/α,β-unsaturated/α-hetero) is 1. The van der Waals surface area contributed by atoms with Crippen molar-refractivity contribution in [2.45, 2.75) is 74.0 Å². The van der Waals surface area contributed by atoms with E-state index in [4.69, 9.17) is 9.47 Å². The second kappa shape index (κ2) is 8.78. The SMILES string of the molecule is CC(C)CC(COC(C)C)(COC(C)C)C(=O)C(C)C. The first-order chi connectivity index (χ1) is 9.10. The van der Waals surface area contributed by atoms with Gasteiger partial charge in [-0.1, -0.05) is 27.7 Å². The zero-order valence-electron chi connectivity index (χ0n) is 14.7. The lowest BCUT2D eigenvalue weighted by molar-refractivity contribution is -0.146. The summed E-state index contributed by atoms with van der Waals surface area (Å²) in [6.07, 6.45) is 1.06. The molecule has 20 heavy (non-hydrogen) atoms. The van der Waals surface area contributed by atoms with Gasteiger partial charge in [-0.15, -0.1) is 0 Å². The first-order valence-electron chi connectivity index (χ1n) is 7.88. The summed E-state index contributed by atoms with van der Waals surface area (Å²) in [5.74, 6) is 0.692. The summed E-state index contributed by atoms with van der Waals surface area (Å²) in [4.78, 5) is 12.8. The molecule has 120 valence electrons. The zero-order chi connectivity index (χ0) is 15.9. The number of ether oxygens (including phenoxy) is 2. The Balaban J connectivity index is 5.20. The van der Waals surface area contributed by atoms with Gasteiger partial charge in [0.25, 0.3) is 0 Å². The van der Waals surface area contributed by atoms with Crippen LogP contribution in [0.25, 0.3) is 0 Å². The number of carbonyl (C=O) groups is 1. The van der Waals surface area contributed by atoms with Crippen LogP contribution in [0.5, 0.6) is 0 Å². The molecule has 0 aromatic heterocycles. The van der Waals surface area contributed by atoms with Gasteiger partial charge in [-0.05, 0) is 40.0 Å². The van der Waals surface area contributed by atoms with E-state index in [2.05, 4.69) is 13.8 Å². The molecule has 0 heterocycles. The maximum Gasteiger partial charge on any atom is 0.146 e. The Labute approximate surface area is 125 Å². The van der Waals surface area contributed by atoms with E-state index in [1.165, 1.54) is 0 Å². The van der Waals surface area contributed by atoms with Crippen LogP contribution in [-0.4, -0.2) is 31.2 Å². The van der Waals surface area contributed by atoms with Gasteiger partial charge in [0.2, 0.25) is 0 Å². The van der Waals surface area contributed by atoms with Crippen molar-refractivity contribution in [2.24, 2.45) is 17.3 Å². The first-order valence-corrected chi connectivity index (χ1v) is 7.88. The monoisotopic (exact) mass is 286 g/mol. The molecule has 0 aromatic carbocycles. The first kappa shape index (κ1) is 19.6. The number of rotatable bonds is 10. The molecule has 0 amide bonds. The molecule has 0 unspecified atom stereocenters. The molecule has 0 aliphatic heterocycles. The van der Waals surface area contributed by atoms with Crippen molar-refractivity contribution in [1.82, 2.24) is 0 Å². The van der Waals surface area contributed by atoms with E-state index in [1.54, 1.807) is 0 Å². The minimum Gasteiger partial charge on any atom is -0.378 e. The Morgan fingerprint density at radius 2 is 1.25 bits per heavy atom. The lowest BCUT2D eigenvalue weighted by atomic mass is 9.74.